The quantitative estimate of drug-likeness (QED) is 0.797. The minimum atomic E-state index is -0.395. The second-order valence-electron chi connectivity index (χ2n) is 5.04. The Morgan fingerprint density at radius 1 is 1.28 bits per heavy atom. The number of piperazine rings is 1. The van der Waals surface area contributed by atoms with Crippen molar-refractivity contribution in [2.75, 3.05) is 18.0 Å². The Hall–Kier alpha value is -1.75. The highest BCUT2D eigenvalue weighted by Gasteiger charge is 2.23. The summed E-state index contributed by atoms with van der Waals surface area (Å²) in [4.78, 5) is 16.3. The molecule has 2 aromatic rings. The fraction of sp³-hybridized carbons (Fsp3) is 0.462. The molecule has 1 aliphatic rings. The Kier molecular flexibility index (Phi) is 2.63. The molecular formula is C13H17N3O2. The number of para-hydroxylation sites is 1. The van der Waals surface area contributed by atoms with Gasteiger partial charge in [-0.05, 0) is 26.0 Å². The zero-order valence-electron chi connectivity index (χ0n) is 10.6. The molecule has 0 bridgehead atoms. The molecule has 2 heterocycles. The summed E-state index contributed by atoms with van der Waals surface area (Å²) >= 11 is 0. The molecule has 1 saturated heterocycles. The van der Waals surface area contributed by atoms with E-state index in [9.17, 15) is 4.79 Å². The fourth-order valence-electron chi connectivity index (χ4n) is 2.73. The van der Waals surface area contributed by atoms with E-state index in [0.717, 1.165) is 24.3 Å². The lowest BCUT2D eigenvalue weighted by atomic mass is 10.1. The first-order valence-electron chi connectivity index (χ1n) is 6.26. The van der Waals surface area contributed by atoms with Crippen LogP contribution in [0.25, 0.3) is 11.1 Å². The van der Waals surface area contributed by atoms with Gasteiger partial charge in [0.05, 0.1) is 11.2 Å². The van der Waals surface area contributed by atoms with Crippen LogP contribution < -0.4 is 16.0 Å². The van der Waals surface area contributed by atoms with Crippen LogP contribution in [0.2, 0.25) is 0 Å². The molecule has 3 rings (SSSR count). The summed E-state index contributed by atoms with van der Waals surface area (Å²) in [5.41, 5.74) is 2.41. The Bertz CT molecular complexity index is 606. The molecule has 96 valence electrons. The van der Waals surface area contributed by atoms with Crippen LogP contribution in [0.15, 0.2) is 27.4 Å². The number of oxazole rings is 1. The summed E-state index contributed by atoms with van der Waals surface area (Å²) in [5.74, 6) is -0.395. The van der Waals surface area contributed by atoms with Crippen molar-refractivity contribution in [1.29, 1.82) is 0 Å². The largest absolute Gasteiger partial charge is 0.417 e. The molecule has 0 saturated carbocycles. The standard InChI is InChI=1S/C13H17N3O2/c1-8-6-16(7-9(2)14-8)11-5-3-4-10-12(11)18-13(17)15-10/h3-5,8-9,14H,6-7H2,1-2H3,(H,15,17)/t8-,9+. The van der Waals surface area contributed by atoms with Crippen LogP contribution in [0.1, 0.15) is 13.8 Å². The first-order chi connectivity index (χ1) is 8.63. The fourth-order valence-corrected chi connectivity index (χ4v) is 2.73. The number of H-pyrrole nitrogens is 1. The highest BCUT2D eigenvalue weighted by molar-refractivity contribution is 5.86. The normalized spacial score (nSPS) is 24.7. The molecule has 0 radical (unpaired) electrons. The Labute approximate surface area is 105 Å². The lowest BCUT2D eigenvalue weighted by Gasteiger charge is -2.37. The Morgan fingerprint density at radius 3 is 2.72 bits per heavy atom. The van der Waals surface area contributed by atoms with Gasteiger partial charge >= 0.3 is 5.76 Å². The zero-order chi connectivity index (χ0) is 12.7. The molecule has 1 aliphatic heterocycles. The van der Waals surface area contributed by atoms with Crippen LogP contribution in [0.5, 0.6) is 0 Å². The number of aromatic nitrogens is 1. The lowest BCUT2D eigenvalue weighted by molar-refractivity contribution is 0.406. The highest BCUT2D eigenvalue weighted by Crippen LogP contribution is 2.26. The summed E-state index contributed by atoms with van der Waals surface area (Å²) in [6.07, 6.45) is 0. The number of nitrogens with zero attached hydrogens (tertiary/aromatic N) is 1. The molecule has 1 aromatic heterocycles. The summed E-state index contributed by atoms with van der Waals surface area (Å²) in [6, 6.07) is 6.66. The molecule has 1 aromatic carbocycles. The molecule has 5 nitrogen and oxygen atoms in total. The molecule has 0 aliphatic carbocycles. The Balaban J connectivity index is 2.05. The van der Waals surface area contributed by atoms with Gasteiger partial charge in [0.1, 0.15) is 0 Å². The van der Waals surface area contributed by atoms with E-state index in [-0.39, 0.29) is 0 Å². The van der Waals surface area contributed by atoms with E-state index in [1.165, 1.54) is 0 Å². The summed E-state index contributed by atoms with van der Waals surface area (Å²) in [5, 5.41) is 3.49. The maximum absolute atomic E-state index is 11.3. The van der Waals surface area contributed by atoms with E-state index in [2.05, 4.69) is 29.0 Å². The third-order valence-corrected chi connectivity index (χ3v) is 3.32. The van der Waals surface area contributed by atoms with Crippen molar-refractivity contribution in [2.24, 2.45) is 0 Å². The second kappa shape index (κ2) is 4.17. The van der Waals surface area contributed by atoms with Crippen LogP contribution in [0.3, 0.4) is 0 Å². The summed E-state index contributed by atoms with van der Waals surface area (Å²) < 4.78 is 5.25. The van der Waals surface area contributed by atoms with Gasteiger partial charge in [-0.15, -0.1) is 0 Å². The summed E-state index contributed by atoms with van der Waals surface area (Å²) in [6.45, 7) is 6.16. The molecule has 5 heteroatoms. The average Bonchev–Trinajstić information content (AvgIpc) is 2.67. The van der Waals surface area contributed by atoms with E-state index in [4.69, 9.17) is 4.42 Å². The number of nitrogens with one attached hydrogen (secondary N) is 2. The van der Waals surface area contributed by atoms with E-state index in [1.807, 2.05) is 18.2 Å². The highest BCUT2D eigenvalue weighted by atomic mass is 16.4. The molecular weight excluding hydrogens is 230 g/mol. The van der Waals surface area contributed by atoms with Gasteiger partial charge in [-0.2, -0.15) is 0 Å². The topological polar surface area (TPSA) is 61.3 Å². The molecule has 0 spiro atoms. The van der Waals surface area contributed by atoms with Gasteiger partial charge in [0.2, 0.25) is 0 Å². The lowest BCUT2D eigenvalue weighted by Crippen LogP contribution is -2.54. The minimum absolute atomic E-state index is 0.395. The van der Waals surface area contributed by atoms with E-state index >= 15 is 0 Å². The Morgan fingerprint density at radius 2 is 2.00 bits per heavy atom. The number of anilines is 1. The number of rotatable bonds is 1. The SMILES string of the molecule is C[C@@H]1CN(c2cccc3[nH]c(=O)oc23)C[C@H](C)N1. The minimum Gasteiger partial charge on any atom is -0.406 e. The van der Waals surface area contributed by atoms with Gasteiger partial charge in [0, 0.05) is 25.2 Å². The molecule has 0 amide bonds. The third-order valence-electron chi connectivity index (χ3n) is 3.32. The van der Waals surface area contributed by atoms with Gasteiger partial charge < -0.3 is 14.6 Å². The average molecular weight is 247 g/mol. The van der Waals surface area contributed by atoms with Crippen molar-refractivity contribution in [2.45, 2.75) is 25.9 Å². The van der Waals surface area contributed by atoms with Crippen LogP contribution >= 0.6 is 0 Å². The monoisotopic (exact) mass is 247 g/mol. The smallest absolute Gasteiger partial charge is 0.406 e. The van der Waals surface area contributed by atoms with Crippen molar-refractivity contribution in [3.05, 3.63) is 28.7 Å². The maximum atomic E-state index is 11.3. The number of benzene rings is 1. The van der Waals surface area contributed by atoms with Gasteiger partial charge in [-0.1, -0.05) is 6.07 Å². The van der Waals surface area contributed by atoms with Gasteiger partial charge in [0.25, 0.3) is 0 Å². The predicted octanol–water partition coefficient (Wildman–Crippen LogP) is 1.31. The van der Waals surface area contributed by atoms with E-state index in [0.29, 0.717) is 17.7 Å². The van der Waals surface area contributed by atoms with Crippen LogP contribution in [0.4, 0.5) is 5.69 Å². The molecule has 0 unspecified atom stereocenters. The first-order valence-corrected chi connectivity index (χ1v) is 6.26. The predicted molar refractivity (Wildman–Crippen MR) is 71.1 cm³/mol. The molecule has 1 fully saturated rings. The van der Waals surface area contributed by atoms with Crippen molar-refractivity contribution >= 4 is 16.8 Å². The van der Waals surface area contributed by atoms with Gasteiger partial charge in [-0.3, -0.25) is 4.98 Å². The zero-order valence-corrected chi connectivity index (χ0v) is 10.6. The van der Waals surface area contributed by atoms with E-state index in [1.54, 1.807) is 0 Å². The van der Waals surface area contributed by atoms with Crippen molar-refractivity contribution in [1.82, 2.24) is 10.3 Å². The molecule has 18 heavy (non-hydrogen) atoms. The number of aromatic amines is 1. The second-order valence-corrected chi connectivity index (χ2v) is 5.04. The molecule has 2 atom stereocenters. The number of hydrogen-bond donors (Lipinski definition) is 2. The maximum Gasteiger partial charge on any atom is 0.417 e. The summed E-state index contributed by atoms with van der Waals surface area (Å²) in [7, 11) is 0. The third kappa shape index (κ3) is 1.90. The molecule has 2 N–H and O–H groups in total. The van der Waals surface area contributed by atoms with Crippen molar-refractivity contribution in [3.8, 4) is 0 Å². The van der Waals surface area contributed by atoms with Crippen LogP contribution in [-0.4, -0.2) is 30.2 Å². The van der Waals surface area contributed by atoms with E-state index < -0.39 is 5.76 Å². The van der Waals surface area contributed by atoms with Crippen LogP contribution in [0, 0.1) is 0 Å². The van der Waals surface area contributed by atoms with Gasteiger partial charge in [0.15, 0.2) is 5.58 Å². The van der Waals surface area contributed by atoms with Crippen LogP contribution in [-0.2, 0) is 0 Å². The van der Waals surface area contributed by atoms with Gasteiger partial charge in [-0.25, -0.2) is 4.79 Å². The van der Waals surface area contributed by atoms with Crippen molar-refractivity contribution < 1.29 is 4.42 Å². The number of fused-ring (bicyclic) bond motifs is 1. The van der Waals surface area contributed by atoms with Crippen molar-refractivity contribution in [3.63, 3.8) is 0 Å². The first kappa shape index (κ1) is 11.3. The number of hydrogen-bond acceptors (Lipinski definition) is 4.